The van der Waals surface area contributed by atoms with Crippen molar-refractivity contribution in [2.75, 3.05) is 18.2 Å². The van der Waals surface area contributed by atoms with Crippen molar-refractivity contribution in [1.29, 1.82) is 0 Å². The Hall–Kier alpha value is -4.53. The van der Waals surface area contributed by atoms with Gasteiger partial charge in [0.1, 0.15) is 11.6 Å². The highest BCUT2D eigenvalue weighted by Crippen LogP contribution is 2.39. The van der Waals surface area contributed by atoms with Gasteiger partial charge in [0.2, 0.25) is 6.79 Å². The molecule has 2 aliphatic rings. The van der Waals surface area contributed by atoms with Gasteiger partial charge in [0, 0.05) is 17.5 Å². The van der Waals surface area contributed by atoms with Gasteiger partial charge in [0.15, 0.2) is 17.3 Å². The lowest BCUT2D eigenvalue weighted by atomic mass is 9.98. The summed E-state index contributed by atoms with van der Waals surface area (Å²) in [5.41, 5.74) is 3.29. The topological polar surface area (TPSA) is 117 Å². The molecule has 1 saturated heterocycles. The Morgan fingerprint density at radius 1 is 1.11 bits per heavy atom. The molecule has 2 unspecified atom stereocenters. The van der Waals surface area contributed by atoms with E-state index in [0.717, 1.165) is 22.0 Å². The number of carboxylic acid groups (broad SMARTS) is 1. The first-order valence-electron chi connectivity index (χ1n) is 12.2. The number of hydrogen-bond donors (Lipinski definition) is 3. The smallest absolute Gasteiger partial charge is 0.404 e. The lowest BCUT2D eigenvalue weighted by molar-refractivity contribution is 0.173. The summed E-state index contributed by atoms with van der Waals surface area (Å²) in [6.07, 6.45) is 0.0840. The number of amides is 1. The third-order valence-corrected chi connectivity index (χ3v) is 7.01. The van der Waals surface area contributed by atoms with Crippen molar-refractivity contribution in [2.45, 2.75) is 31.8 Å². The molecular formula is C28H26N4O5. The van der Waals surface area contributed by atoms with E-state index in [1.54, 1.807) is 18.2 Å². The molecular weight excluding hydrogens is 472 g/mol. The number of phenols is 1. The molecule has 6 rings (SSSR count). The Morgan fingerprint density at radius 3 is 2.81 bits per heavy atom. The fourth-order valence-electron chi connectivity index (χ4n) is 5.30. The number of para-hydroxylation sites is 2. The van der Waals surface area contributed by atoms with Gasteiger partial charge in [0.25, 0.3) is 0 Å². The average Bonchev–Trinajstić information content (AvgIpc) is 3.51. The normalized spacial score (nSPS) is 18.4. The summed E-state index contributed by atoms with van der Waals surface area (Å²) in [6, 6.07) is 18.2. The van der Waals surface area contributed by atoms with Gasteiger partial charge in [-0.25, -0.2) is 14.8 Å². The molecule has 37 heavy (non-hydrogen) atoms. The van der Waals surface area contributed by atoms with Gasteiger partial charge in [-0.15, -0.1) is 0 Å². The average molecular weight is 499 g/mol. The van der Waals surface area contributed by atoms with Crippen LogP contribution in [0.5, 0.6) is 17.2 Å². The van der Waals surface area contributed by atoms with Gasteiger partial charge >= 0.3 is 6.09 Å². The molecule has 3 heterocycles. The number of carbonyl (C=O) groups is 1. The summed E-state index contributed by atoms with van der Waals surface area (Å²) < 4.78 is 11.3. The molecule has 188 valence electrons. The number of hydrogen-bond acceptors (Lipinski definition) is 7. The first kappa shape index (κ1) is 22.9. The SMILES string of the molecule is Cc1ccc2c(N3CCC(NC(=O)O)C3Cc3cccc4c3OCO4)nc(-c3ccccc3O)nc2c1. The van der Waals surface area contributed by atoms with Crippen LogP contribution in [0.2, 0.25) is 0 Å². The van der Waals surface area contributed by atoms with Crippen molar-refractivity contribution >= 4 is 22.8 Å². The summed E-state index contributed by atoms with van der Waals surface area (Å²) in [4.78, 5) is 23.6. The minimum absolute atomic E-state index is 0.0980. The molecule has 9 nitrogen and oxygen atoms in total. The molecule has 0 spiro atoms. The minimum atomic E-state index is -1.06. The number of aromatic hydroxyl groups is 1. The second-order valence-corrected chi connectivity index (χ2v) is 9.37. The largest absolute Gasteiger partial charge is 0.507 e. The van der Waals surface area contributed by atoms with Crippen molar-refractivity contribution in [3.8, 4) is 28.6 Å². The zero-order valence-corrected chi connectivity index (χ0v) is 20.2. The number of phenolic OH excluding ortho intramolecular Hbond substituents is 1. The Morgan fingerprint density at radius 2 is 1.97 bits per heavy atom. The molecule has 0 saturated carbocycles. The summed E-state index contributed by atoms with van der Waals surface area (Å²) >= 11 is 0. The highest BCUT2D eigenvalue weighted by Gasteiger charge is 2.38. The fraction of sp³-hybridized carbons (Fsp3) is 0.250. The molecule has 3 aromatic carbocycles. The van der Waals surface area contributed by atoms with Gasteiger partial charge in [-0.05, 0) is 55.7 Å². The summed E-state index contributed by atoms with van der Waals surface area (Å²) in [6.45, 7) is 2.77. The monoisotopic (exact) mass is 498 g/mol. The number of aryl methyl sites for hydroxylation is 1. The standard InChI is InChI=1S/C28H26N4O5/c1-16-9-10-18-21(13-16)29-26(19-6-2-3-7-23(19)33)31-27(18)32-12-11-20(30-28(34)35)22(32)14-17-5-4-8-24-25(17)37-15-36-24/h2-10,13,20,22,30,33H,11-12,14-15H2,1H3,(H,34,35). The Kier molecular flexibility index (Phi) is 5.67. The van der Waals surface area contributed by atoms with Crippen LogP contribution in [0.1, 0.15) is 17.5 Å². The number of nitrogens with one attached hydrogen (secondary N) is 1. The van der Waals surface area contributed by atoms with E-state index in [-0.39, 0.29) is 24.6 Å². The summed E-state index contributed by atoms with van der Waals surface area (Å²) in [5, 5.41) is 23.7. The van der Waals surface area contributed by atoms with E-state index >= 15 is 0 Å². The predicted molar refractivity (Wildman–Crippen MR) is 138 cm³/mol. The van der Waals surface area contributed by atoms with E-state index in [4.69, 9.17) is 19.4 Å². The van der Waals surface area contributed by atoms with E-state index in [1.807, 2.05) is 49.4 Å². The summed E-state index contributed by atoms with van der Waals surface area (Å²) in [7, 11) is 0. The summed E-state index contributed by atoms with van der Waals surface area (Å²) in [5.74, 6) is 2.60. The molecule has 1 amide bonds. The maximum absolute atomic E-state index is 11.7. The quantitative estimate of drug-likeness (QED) is 0.368. The second-order valence-electron chi connectivity index (χ2n) is 9.37. The van der Waals surface area contributed by atoms with Crippen LogP contribution < -0.4 is 19.7 Å². The van der Waals surface area contributed by atoms with E-state index in [0.29, 0.717) is 48.1 Å². The van der Waals surface area contributed by atoms with Gasteiger partial charge < -0.3 is 29.9 Å². The van der Waals surface area contributed by atoms with E-state index in [2.05, 4.69) is 10.2 Å². The second kappa shape index (κ2) is 9.16. The van der Waals surface area contributed by atoms with Crippen LogP contribution >= 0.6 is 0 Å². The van der Waals surface area contributed by atoms with Crippen LogP contribution in [-0.4, -0.2) is 51.7 Å². The van der Waals surface area contributed by atoms with Gasteiger partial charge in [0.05, 0.1) is 23.2 Å². The van der Waals surface area contributed by atoms with Gasteiger partial charge in [-0.1, -0.05) is 30.3 Å². The number of aromatic nitrogens is 2. The molecule has 9 heteroatoms. The van der Waals surface area contributed by atoms with Crippen LogP contribution in [0.25, 0.3) is 22.3 Å². The van der Waals surface area contributed by atoms with E-state index in [9.17, 15) is 15.0 Å². The van der Waals surface area contributed by atoms with Crippen LogP contribution in [-0.2, 0) is 6.42 Å². The number of nitrogens with zero attached hydrogens (tertiary/aromatic N) is 3. The fourth-order valence-corrected chi connectivity index (χ4v) is 5.30. The first-order valence-corrected chi connectivity index (χ1v) is 12.2. The van der Waals surface area contributed by atoms with Crippen molar-refractivity contribution in [2.24, 2.45) is 0 Å². The molecule has 1 fully saturated rings. The highest BCUT2D eigenvalue weighted by molar-refractivity contribution is 5.92. The van der Waals surface area contributed by atoms with Crippen molar-refractivity contribution in [1.82, 2.24) is 15.3 Å². The molecule has 2 aliphatic heterocycles. The molecule has 4 aromatic rings. The lowest BCUT2D eigenvalue weighted by Crippen LogP contribution is -2.46. The van der Waals surface area contributed by atoms with Crippen LogP contribution in [0.3, 0.4) is 0 Å². The number of benzene rings is 3. The Bertz CT molecular complexity index is 1510. The molecule has 0 aliphatic carbocycles. The third-order valence-electron chi connectivity index (χ3n) is 7.01. The highest BCUT2D eigenvalue weighted by atomic mass is 16.7. The minimum Gasteiger partial charge on any atom is -0.507 e. The Labute approximate surface area is 213 Å². The number of anilines is 1. The number of ether oxygens (including phenoxy) is 2. The van der Waals surface area contributed by atoms with E-state index < -0.39 is 6.09 Å². The molecule has 0 bridgehead atoms. The maximum Gasteiger partial charge on any atom is 0.404 e. The third kappa shape index (κ3) is 4.22. The van der Waals surface area contributed by atoms with Crippen molar-refractivity contribution < 1.29 is 24.5 Å². The Balaban J connectivity index is 1.48. The maximum atomic E-state index is 11.7. The first-order chi connectivity index (χ1) is 18.0. The van der Waals surface area contributed by atoms with Gasteiger partial charge in [-0.2, -0.15) is 0 Å². The molecule has 0 radical (unpaired) electrons. The number of fused-ring (bicyclic) bond motifs is 2. The van der Waals surface area contributed by atoms with Crippen molar-refractivity contribution in [3.63, 3.8) is 0 Å². The predicted octanol–water partition coefficient (Wildman–Crippen LogP) is 4.50. The van der Waals surface area contributed by atoms with Crippen molar-refractivity contribution in [3.05, 3.63) is 71.8 Å². The molecule has 2 atom stereocenters. The van der Waals surface area contributed by atoms with Crippen LogP contribution in [0.4, 0.5) is 10.6 Å². The lowest BCUT2D eigenvalue weighted by Gasteiger charge is -2.30. The zero-order valence-electron chi connectivity index (χ0n) is 20.2. The number of rotatable bonds is 5. The zero-order chi connectivity index (χ0) is 25.5. The van der Waals surface area contributed by atoms with Gasteiger partial charge in [-0.3, -0.25) is 0 Å². The van der Waals surface area contributed by atoms with Crippen LogP contribution in [0.15, 0.2) is 60.7 Å². The molecule has 3 N–H and O–H groups in total. The van der Waals surface area contributed by atoms with E-state index in [1.165, 1.54) is 0 Å². The van der Waals surface area contributed by atoms with Crippen LogP contribution in [0, 0.1) is 6.92 Å². The molecule has 1 aromatic heterocycles.